The predicted molar refractivity (Wildman–Crippen MR) is 116 cm³/mol. The number of nitro benzene ring substituents is 1. The van der Waals surface area contributed by atoms with E-state index in [1.807, 2.05) is 0 Å². The molecule has 2 heterocycles. The van der Waals surface area contributed by atoms with Gasteiger partial charge >= 0.3 is 5.91 Å². The summed E-state index contributed by atoms with van der Waals surface area (Å²) in [6.07, 6.45) is 1.47. The zero-order valence-electron chi connectivity index (χ0n) is 15.8. The maximum atomic E-state index is 13.0. The molecule has 154 valence electrons. The summed E-state index contributed by atoms with van der Waals surface area (Å²) in [7, 11) is 0. The van der Waals surface area contributed by atoms with Crippen LogP contribution in [0.2, 0.25) is 0 Å². The minimum absolute atomic E-state index is 0.168. The van der Waals surface area contributed by atoms with E-state index in [9.17, 15) is 24.8 Å². The number of carbonyl (C=O) groups is 2. The topological polar surface area (TPSA) is 114 Å². The summed E-state index contributed by atoms with van der Waals surface area (Å²) < 4.78 is 0.772. The van der Waals surface area contributed by atoms with Crippen molar-refractivity contribution in [2.45, 2.75) is 6.04 Å². The van der Waals surface area contributed by atoms with Crippen molar-refractivity contribution < 1.29 is 19.6 Å². The molecule has 1 aromatic heterocycles. The van der Waals surface area contributed by atoms with Crippen LogP contribution < -0.4 is 4.90 Å². The molecule has 0 aliphatic carbocycles. The first-order chi connectivity index (χ1) is 14.9. The van der Waals surface area contributed by atoms with E-state index in [2.05, 4.69) is 20.9 Å². The number of non-ortho nitro benzene ring substituents is 1. The molecule has 1 aliphatic rings. The van der Waals surface area contributed by atoms with Crippen molar-refractivity contribution >= 4 is 44.9 Å². The van der Waals surface area contributed by atoms with Gasteiger partial charge in [0.05, 0.1) is 16.5 Å². The average molecular weight is 480 g/mol. The number of hydrogen-bond acceptors (Lipinski definition) is 6. The highest BCUT2D eigenvalue weighted by Crippen LogP contribution is 2.42. The monoisotopic (exact) mass is 479 g/mol. The van der Waals surface area contributed by atoms with E-state index in [1.54, 1.807) is 48.5 Å². The molecule has 0 bridgehead atoms. The van der Waals surface area contributed by atoms with Gasteiger partial charge in [-0.2, -0.15) is 0 Å². The third kappa shape index (κ3) is 3.71. The third-order valence-corrected chi connectivity index (χ3v) is 5.38. The summed E-state index contributed by atoms with van der Waals surface area (Å²) in [5.74, 6) is -1.96. The second-order valence-corrected chi connectivity index (χ2v) is 7.63. The number of aromatic nitrogens is 1. The molecule has 31 heavy (non-hydrogen) atoms. The zero-order valence-corrected chi connectivity index (χ0v) is 17.4. The fraction of sp³-hybridized carbons (Fsp3) is 0.0455. The summed E-state index contributed by atoms with van der Waals surface area (Å²) in [5.41, 5.74) is 0.265. The zero-order chi connectivity index (χ0) is 22.1. The van der Waals surface area contributed by atoms with E-state index in [4.69, 9.17) is 0 Å². The first kappa shape index (κ1) is 20.4. The molecule has 4 rings (SSSR count). The molecule has 3 aromatic rings. The molecular weight excluding hydrogens is 466 g/mol. The number of rotatable bonds is 4. The molecule has 2 aromatic carbocycles. The maximum absolute atomic E-state index is 13.0. The van der Waals surface area contributed by atoms with Crippen LogP contribution in [0.4, 0.5) is 11.5 Å². The van der Waals surface area contributed by atoms with Gasteiger partial charge in [-0.3, -0.25) is 24.6 Å². The van der Waals surface area contributed by atoms with Crippen molar-refractivity contribution in [1.82, 2.24) is 4.98 Å². The Labute approximate surface area is 184 Å². The van der Waals surface area contributed by atoms with Crippen LogP contribution in [0.5, 0.6) is 0 Å². The molecule has 0 unspecified atom stereocenters. The number of amides is 1. The van der Waals surface area contributed by atoms with Crippen LogP contribution in [0.3, 0.4) is 0 Å². The van der Waals surface area contributed by atoms with E-state index >= 15 is 0 Å². The Hall–Kier alpha value is -3.85. The molecule has 9 heteroatoms. The van der Waals surface area contributed by atoms with Gasteiger partial charge in [0.15, 0.2) is 0 Å². The summed E-state index contributed by atoms with van der Waals surface area (Å²) >= 11 is 3.31. The molecule has 1 amide bonds. The van der Waals surface area contributed by atoms with Crippen molar-refractivity contribution in [1.29, 1.82) is 0 Å². The lowest BCUT2D eigenvalue weighted by atomic mass is 9.95. The molecule has 1 N–H and O–H groups in total. The van der Waals surface area contributed by atoms with Gasteiger partial charge in [0.1, 0.15) is 11.6 Å². The SMILES string of the molecule is O=C1C(=O)N(c2ccccn2)[C@H](c2cccc([N+](=O)[O-])c2)C1=C(O)c1ccc(Br)cc1. The van der Waals surface area contributed by atoms with Gasteiger partial charge < -0.3 is 5.11 Å². The van der Waals surface area contributed by atoms with E-state index in [-0.39, 0.29) is 22.8 Å². The van der Waals surface area contributed by atoms with Crippen LogP contribution in [-0.4, -0.2) is 26.7 Å². The number of nitrogens with zero attached hydrogens (tertiary/aromatic N) is 3. The maximum Gasteiger partial charge on any atom is 0.301 e. The molecule has 1 saturated heterocycles. The lowest BCUT2D eigenvalue weighted by Crippen LogP contribution is -2.30. The number of aliphatic hydroxyl groups is 1. The number of pyridine rings is 1. The smallest absolute Gasteiger partial charge is 0.301 e. The van der Waals surface area contributed by atoms with Crippen LogP contribution in [0.15, 0.2) is 83.0 Å². The fourth-order valence-corrected chi connectivity index (χ4v) is 3.72. The first-order valence-corrected chi connectivity index (χ1v) is 9.90. The highest BCUT2D eigenvalue weighted by Gasteiger charge is 2.47. The number of carbonyl (C=O) groups excluding carboxylic acids is 2. The minimum atomic E-state index is -1.08. The van der Waals surface area contributed by atoms with Gasteiger partial charge in [-0.25, -0.2) is 4.98 Å². The Kier molecular flexibility index (Phi) is 5.35. The van der Waals surface area contributed by atoms with Crippen LogP contribution in [0, 0.1) is 10.1 Å². The van der Waals surface area contributed by atoms with Gasteiger partial charge in [-0.05, 0) is 29.8 Å². The molecular formula is C22H14BrN3O5. The highest BCUT2D eigenvalue weighted by molar-refractivity contribution is 9.10. The molecule has 0 saturated carbocycles. The van der Waals surface area contributed by atoms with Crippen molar-refractivity contribution in [3.8, 4) is 0 Å². The van der Waals surface area contributed by atoms with Crippen LogP contribution in [0.1, 0.15) is 17.2 Å². The first-order valence-electron chi connectivity index (χ1n) is 9.11. The van der Waals surface area contributed by atoms with Crippen LogP contribution in [-0.2, 0) is 9.59 Å². The average Bonchev–Trinajstić information content (AvgIpc) is 3.05. The summed E-state index contributed by atoms with van der Waals surface area (Å²) in [4.78, 5) is 42.0. The molecule has 8 nitrogen and oxygen atoms in total. The second kappa shape index (κ2) is 8.11. The second-order valence-electron chi connectivity index (χ2n) is 6.72. The molecule has 1 aliphatic heterocycles. The van der Waals surface area contributed by atoms with E-state index < -0.39 is 22.7 Å². The van der Waals surface area contributed by atoms with Gasteiger partial charge in [-0.1, -0.05) is 46.3 Å². The standard InChI is InChI=1S/C22H14BrN3O5/c23-15-9-7-13(8-10-15)20(27)18-19(14-4-3-5-16(12-14)26(30)31)25(22(29)21(18)28)17-6-1-2-11-24-17/h1-12,19,27H/t19-/m1/s1. The largest absolute Gasteiger partial charge is 0.507 e. The van der Waals surface area contributed by atoms with Gasteiger partial charge in [-0.15, -0.1) is 0 Å². The lowest BCUT2D eigenvalue weighted by Gasteiger charge is -2.24. The van der Waals surface area contributed by atoms with Crippen molar-refractivity contribution in [3.05, 3.63) is 104 Å². The van der Waals surface area contributed by atoms with Crippen LogP contribution in [0.25, 0.3) is 5.76 Å². The number of ketones is 1. The van der Waals surface area contributed by atoms with Gasteiger partial charge in [0.25, 0.3) is 11.5 Å². The summed E-state index contributed by atoms with van der Waals surface area (Å²) in [6, 6.07) is 16.0. The number of aliphatic hydroxyl groups excluding tert-OH is 1. The molecule has 1 fully saturated rings. The summed E-state index contributed by atoms with van der Waals surface area (Å²) in [6.45, 7) is 0. The number of nitro groups is 1. The molecule has 0 radical (unpaired) electrons. The number of halogens is 1. The van der Waals surface area contributed by atoms with E-state index in [0.717, 1.165) is 9.37 Å². The number of benzene rings is 2. The molecule has 1 atom stereocenters. The van der Waals surface area contributed by atoms with Gasteiger partial charge in [0.2, 0.25) is 0 Å². The Morgan fingerprint density at radius 2 is 1.81 bits per heavy atom. The summed E-state index contributed by atoms with van der Waals surface area (Å²) in [5, 5.41) is 22.3. The Bertz CT molecular complexity index is 1230. The van der Waals surface area contributed by atoms with Crippen molar-refractivity contribution in [3.63, 3.8) is 0 Å². The molecule has 0 spiro atoms. The number of Topliss-reactive ketones (excluding diaryl/α,β-unsaturated/α-hetero) is 1. The Morgan fingerprint density at radius 1 is 1.06 bits per heavy atom. The van der Waals surface area contributed by atoms with Crippen LogP contribution >= 0.6 is 15.9 Å². The van der Waals surface area contributed by atoms with E-state index in [1.165, 1.54) is 24.4 Å². The van der Waals surface area contributed by atoms with Crippen molar-refractivity contribution in [2.75, 3.05) is 4.90 Å². The van der Waals surface area contributed by atoms with Crippen molar-refractivity contribution in [2.24, 2.45) is 0 Å². The minimum Gasteiger partial charge on any atom is -0.507 e. The number of hydrogen-bond donors (Lipinski definition) is 1. The lowest BCUT2D eigenvalue weighted by molar-refractivity contribution is -0.384. The fourth-order valence-electron chi connectivity index (χ4n) is 3.45. The Morgan fingerprint density at radius 3 is 2.45 bits per heavy atom. The normalized spacial score (nSPS) is 17.7. The third-order valence-electron chi connectivity index (χ3n) is 4.85. The predicted octanol–water partition coefficient (Wildman–Crippen LogP) is 4.38. The quantitative estimate of drug-likeness (QED) is 0.195. The van der Waals surface area contributed by atoms with Gasteiger partial charge in [0, 0.05) is 28.4 Å². The number of anilines is 1. The Balaban J connectivity index is 1.96. The van der Waals surface area contributed by atoms with E-state index in [0.29, 0.717) is 11.1 Å². The highest BCUT2D eigenvalue weighted by atomic mass is 79.9.